The number of halogens is 1. The van der Waals surface area contributed by atoms with Crippen LogP contribution >= 0.6 is 0 Å². The third-order valence-electron chi connectivity index (χ3n) is 4.60. The summed E-state index contributed by atoms with van der Waals surface area (Å²) in [4.78, 5) is 16.3. The average Bonchev–Trinajstić information content (AvgIpc) is 3.04. The lowest BCUT2D eigenvalue weighted by Gasteiger charge is -2.18. The number of nitrogens with one attached hydrogen (secondary N) is 1. The summed E-state index contributed by atoms with van der Waals surface area (Å²) in [7, 11) is 0. The molecule has 1 amide bonds. The number of benzene rings is 1. The first-order valence-electron chi connectivity index (χ1n) is 8.27. The van der Waals surface area contributed by atoms with Gasteiger partial charge >= 0.3 is 0 Å². The summed E-state index contributed by atoms with van der Waals surface area (Å²) in [5.74, 6) is -0.534. The van der Waals surface area contributed by atoms with Gasteiger partial charge in [0.2, 0.25) is 0 Å². The molecule has 5 nitrogen and oxygen atoms in total. The fourth-order valence-corrected chi connectivity index (χ4v) is 3.35. The van der Waals surface area contributed by atoms with Crippen molar-refractivity contribution in [2.24, 2.45) is 0 Å². The number of hydrogen-bond donors (Lipinski definition) is 1. The van der Waals surface area contributed by atoms with Gasteiger partial charge in [-0.05, 0) is 35.9 Å². The van der Waals surface area contributed by atoms with E-state index >= 15 is 0 Å². The van der Waals surface area contributed by atoms with E-state index in [4.69, 9.17) is 0 Å². The van der Waals surface area contributed by atoms with E-state index in [1.165, 1.54) is 12.1 Å². The quantitative estimate of drug-likeness (QED) is 0.793. The Hall–Kier alpha value is -3.46. The third-order valence-corrected chi connectivity index (χ3v) is 4.60. The Kier molecular flexibility index (Phi) is 3.98. The molecule has 0 atom stereocenters. The second-order valence-corrected chi connectivity index (χ2v) is 6.13. The molecule has 2 aromatic heterocycles. The van der Waals surface area contributed by atoms with Crippen molar-refractivity contribution in [3.05, 3.63) is 77.0 Å². The van der Waals surface area contributed by atoms with Crippen LogP contribution in [0.4, 0.5) is 4.39 Å². The highest BCUT2D eigenvalue weighted by atomic mass is 19.1. The van der Waals surface area contributed by atoms with Gasteiger partial charge in [-0.1, -0.05) is 6.07 Å². The lowest BCUT2D eigenvalue weighted by molar-refractivity contribution is 0.0945. The van der Waals surface area contributed by atoms with E-state index in [9.17, 15) is 14.4 Å². The van der Waals surface area contributed by atoms with Gasteiger partial charge in [-0.25, -0.2) is 4.39 Å². The van der Waals surface area contributed by atoms with Crippen LogP contribution in [-0.4, -0.2) is 22.0 Å². The molecule has 3 heterocycles. The van der Waals surface area contributed by atoms with Gasteiger partial charge in [0.25, 0.3) is 5.91 Å². The van der Waals surface area contributed by atoms with E-state index in [1.807, 2.05) is 22.8 Å². The molecule has 0 fully saturated rings. The fraction of sp³-hybridized carbons (Fsp3) is 0.150. The Morgan fingerprint density at radius 3 is 2.81 bits per heavy atom. The SMILES string of the molecule is N#Cc1cc(F)ccc1Cn1c(-c2ccncc2)cc2c1CCNC2=O. The van der Waals surface area contributed by atoms with Crippen LogP contribution in [0.15, 0.2) is 48.8 Å². The van der Waals surface area contributed by atoms with Crippen molar-refractivity contribution in [1.29, 1.82) is 5.26 Å². The van der Waals surface area contributed by atoms with E-state index in [0.717, 1.165) is 17.0 Å². The molecule has 0 saturated carbocycles. The lowest BCUT2D eigenvalue weighted by atomic mass is 10.1. The van der Waals surface area contributed by atoms with Gasteiger partial charge in [-0.3, -0.25) is 9.78 Å². The van der Waals surface area contributed by atoms with Crippen molar-refractivity contribution >= 4 is 5.91 Å². The van der Waals surface area contributed by atoms with Gasteiger partial charge in [-0.2, -0.15) is 5.26 Å². The standard InChI is InChI=1S/C20H15FN4O/c21-16-2-1-14(15(9-16)11-22)12-25-18-5-8-24-20(26)17(18)10-19(25)13-3-6-23-7-4-13/h1-4,6-7,9-10H,5,8,12H2,(H,24,26). The zero-order valence-electron chi connectivity index (χ0n) is 13.9. The monoisotopic (exact) mass is 346 g/mol. The van der Waals surface area contributed by atoms with Crippen molar-refractivity contribution in [3.8, 4) is 17.3 Å². The van der Waals surface area contributed by atoms with Crippen LogP contribution in [0.25, 0.3) is 11.3 Å². The summed E-state index contributed by atoms with van der Waals surface area (Å²) < 4.78 is 15.5. The van der Waals surface area contributed by atoms with Crippen molar-refractivity contribution in [1.82, 2.24) is 14.9 Å². The first-order valence-corrected chi connectivity index (χ1v) is 8.27. The smallest absolute Gasteiger partial charge is 0.253 e. The topological polar surface area (TPSA) is 70.7 Å². The molecule has 1 aromatic carbocycles. The van der Waals surface area contributed by atoms with Gasteiger partial charge in [0, 0.05) is 48.9 Å². The Bertz CT molecular complexity index is 1030. The van der Waals surface area contributed by atoms with Crippen molar-refractivity contribution in [3.63, 3.8) is 0 Å². The predicted molar refractivity (Wildman–Crippen MR) is 93.9 cm³/mol. The van der Waals surface area contributed by atoms with Crippen LogP contribution in [0.5, 0.6) is 0 Å². The highest BCUT2D eigenvalue weighted by Crippen LogP contribution is 2.29. The maximum atomic E-state index is 13.5. The number of nitrogens with zero attached hydrogens (tertiary/aromatic N) is 3. The third kappa shape index (κ3) is 2.74. The summed E-state index contributed by atoms with van der Waals surface area (Å²) in [6.45, 7) is 0.962. The van der Waals surface area contributed by atoms with Gasteiger partial charge in [0.1, 0.15) is 5.82 Å². The van der Waals surface area contributed by atoms with Gasteiger partial charge in [-0.15, -0.1) is 0 Å². The molecule has 0 unspecified atom stereocenters. The maximum Gasteiger partial charge on any atom is 0.253 e. The highest BCUT2D eigenvalue weighted by Gasteiger charge is 2.24. The number of carbonyl (C=O) groups excluding carboxylic acids is 1. The number of pyridine rings is 1. The van der Waals surface area contributed by atoms with Crippen LogP contribution in [0.1, 0.15) is 27.2 Å². The number of aromatic nitrogens is 2. The molecular weight excluding hydrogens is 331 g/mol. The minimum atomic E-state index is -0.437. The number of fused-ring (bicyclic) bond motifs is 1. The molecule has 3 aromatic rings. The Morgan fingerprint density at radius 1 is 1.23 bits per heavy atom. The molecular formula is C20H15FN4O. The van der Waals surface area contributed by atoms with E-state index in [2.05, 4.69) is 16.4 Å². The van der Waals surface area contributed by atoms with Crippen LogP contribution in [0.3, 0.4) is 0 Å². The van der Waals surface area contributed by atoms with Crippen LogP contribution in [0.2, 0.25) is 0 Å². The number of rotatable bonds is 3. The van der Waals surface area contributed by atoms with Crippen LogP contribution in [0, 0.1) is 17.1 Å². The molecule has 0 aliphatic carbocycles. The average molecular weight is 346 g/mol. The second kappa shape index (κ2) is 6.45. The lowest BCUT2D eigenvalue weighted by Crippen LogP contribution is -2.32. The molecule has 4 rings (SSSR count). The zero-order valence-corrected chi connectivity index (χ0v) is 13.9. The van der Waals surface area contributed by atoms with Crippen molar-refractivity contribution in [2.75, 3.05) is 6.54 Å². The largest absolute Gasteiger partial charge is 0.352 e. The minimum absolute atomic E-state index is 0.0973. The molecule has 1 N–H and O–H groups in total. The Labute approximate surface area is 149 Å². The first-order chi connectivity index (χ1) is 12.7. The fourth-order valence-electron chi connectivity index (χ4n) is 3.35. The Balaban J connectivity index is 1.88. The summed E-state index contributed by atoms with van der Waals surface area (Å²) in [5.41, 5.74) is 4.39. The van der Waals surface area contributed by atoms with E-state index < -0.39 is 5.82 Å². The Morgan fingerprint density at radius 2 is 2.04 bits per heavy atom. The van der Waals surface area contributed by atoms with Gasteiger partial charge in [0.05, 0.1) is 17.2 Å². The zero-order chi connectivity index (χ0) is 18.1. The summed E-state index contributed by atoms with van der Waals surface area (Å²) in [6.07, 6.45) is 4.10. The summed E-state index contributed by atoms with van der Waals surface area (Å²) in [6, 6.07) is 11.9. The van der Waals surface area contributed by atoms with Crippen molar-refractivity contribution < 1.29 is 9.18 Å². The van der Waals surface area contributed by atoms with Crippen molar-refractivity contribution in [2.45, 2.75) is 13.0 Å². The highest BCUT2D eigenvalue weighted by molar-refractivity contribution is 5.98. The van der Waals surface area contributed by atoms with E-state index in [0.29, 0.717) is 36.2 Å². The van der Waals surface area contributed by atoms with E-state index in [1.54, 1.807) is 18.5 Å². The molecule has 26 heavy (non-hydrogen) atoms. The molecule has 0 spiro atoms. The molecule has 1 aliphatic rings. The minimum Gasteiger partial charge on any atom is -0.352 e. The maximum absolute atomic E-state index is 13.5. The van der Waals surface area contributed by atoms with Gasteiger partial charge < -0.3 is 9.88 Å². The van der Waals surface area contributed by atoms with E-state index in [-0.39, 0.29) is 5.91 Å². The summed E-state index contributed by atoms with van der Waals surface area (Å²) >= 11 is 0. The number of amides is 1. The molecule has 0 radical (unpaired) electrons. The normalized spacial score (nSPS) is 13.0. The molecule has 128 valence electrons. The molecule has 0 bridgehead atoms. The number of carbonyl (C=O) groups is 1. The van der Waals surface area contributed by atoms with Gasteiger partial charge in [0.15, 0.2) is 0 Å². The van der Waals surface area contributed by atoms with Crippen LogP contribution < -0.4 is 5.32 Å². The number of nitriles is 1. The molecule has 0 saturated heterocycles. The molecule has 1 aliphatic heterocycles. The second-order valence-electron chi connectivity index (χ2n) is 6.13. The first kappa shape index (κ1) is 16.0. The number of hydrogen-bond acceptors (Lipinski definition) is 3. The molecule has 6 heteroatoms. The van der Waals surface area contributed by atoms with Crippen LogP contribution in [-0.2, 0) is 13.0 Å². The summed E-state index contributed by atoms with van der Waals surface area (Å²) in [5, 5.41) is 12.2. The predicted octanol–water partition coefficient (Wildman–Crippen LogP) is 2.90.